The number of ether oxygens (including phenoxy) is 2. The van der Waals surface area contributed by atoms with Crippen molar-refractivity contribution in [2.75, 3.05) is 44.8 Å². The van der Waals surface area contributed by atoms with E-state index >= 15 is 0 Å². The van der Waals surface area contributed by atoms with Crippen molar-refractivity contribution in [3.05, 3.63) is 41.0 Å². The highest BCUT2D eigenvalue weighted by Crippen LogP contribution is 2.30. The van der Waals surface area contributed by atoms with Crippen molar-refractivity contribution < 1.29 is 13.9 Å². The van der Waals surface area contributed by atoms with Crippen molar-refractivity contribution in [2.24, 2.45) is 0 Å². The molecule has 2 aromatic heterocycles. The van der Waals surface area contributed by atoms with Gasteiger partial charge in [-0.2, -0.15) is 0 Å². The van der Waals surface area contributed by atoms with E-state index in [0.29, 0.717) is 24.1 Å². The normalized spacial score (nSPS) is 18.1. The molecule has 0 amide bonds. The minimum Gasteiger partial charge on any atom is -0.481 e. The van der Waals surface area contributed by atoms with E-state index in [2.05, 4.69) is 25.8 Å². The van der Waals surface area contributed by atoms with E-state index in [-0.39, 0.29) is 11.9 Å². The van der Waals surface area contributed by atoms with Gasteiger partial charge in [-0.15, -0.1) is 0 Å². The maximum atomic E-state index is 14.5. The molecule has 0 aliphatic carbocycles. The van der Waals surface area contributed by atoms with E-state index < -0.39 is 0 Å². The zero-order valence-electron chi connectivity index (χ0n) is 16.0. The molecule has 2 aliphatic heterocycles. The molecule has 1 fully saturated rings. The Kier molecular flexibility index (Phi) is 4.86. The molecule has 144 valence electrons. The highest BCUT2D eigenvalue weighted by Gasteiger charge is 2.27. The second kappa shape index (κ2) is 7.31. The third-order valence-corrected chi connectivity index (χ3v) is 5.40. The number of methoxy groups -OCH3 is 1. The highest BCUT2D eigenvalue weighted by atomic mass is 19.1. The molecule has 0 saturated carbocycles. The van der Waals surface area contributed by atoms with Gasteiger partial charge in [-0.1, -0.05) is 0 Å². The van der Waals surface area contributed by atoms with Gasteiger partial charge < -0.3 is 14.4 Å². The molecule has 4 rings (SSSR count). The maximum absolute atomic E-state index is 14.5. The molecular formula is C20H25FN4O2. The fourth-order valence-corrected chi connectivity index (χ4v) is 3.83. The van der Waals surface area contributed by atoms with Crippen molar-refractivity contribution in [3.8, 4) is 11.8 Å². The van der Waals surface area contributed by atoms with Crippen LogP contribution < -0.4 is 14.4 Å². The fourth-order valence-electron chi connectivity index (χ4n) is 3.83. The maximum Gasteiger partial charge on any atom is 0.217 e. The van der Waals surface area contributed by atoms with Crippen molar-refractivity contribution in [3.63, 3.8) is 0 Å². The average molecular weight is 372 g/mol. The smallest absolute Gasteiger partial charge is 0.217 e. The summed E-state index contributed by atoms with van der Waals surface area (Å²) in [6.07, 6.45) is 0.738. The number of piperazine rings is 1. The Labute approximate surface area is 158 Å². The van der Waals surface area contributed by atoms with E-state index in [1.165, 1.54) is 0 Å². The van der Waals surface area contributed by atoms with E-state index in [0.717, 1.165) is 49.5 Å². The van der Waals surface area contributed by atoms with Crippen LogP contribution in [0.1, 0.15) is 29.9 Å². The number of halogens is 1. The van der Waals surface area contributed by atoms with Crippen LogP contribution in [0.15, 0.2) is 18.2 Å². The van der Waals surface area contributed by atoms with Crippen LogP contribution in [0.4, 0.5) is 10.1 Å². The fraction of sp³-hybridized carbons (Fsp3) is 0.500. The van der Waals surface area contributed by atoms with E-state index in [1.807, 2.05) is 19.9 Å². The minimum absolute atomic E-state index is 0.0876. The molecule has 4 heterocycles. The zero-order chi connectivity index (χ0) is 19.0. The predicted octanol–water partition coefficient (Wildman–Crippen LogP) is 2.75. The number of hydrogen-bond donors (Lipinski definition) is 0. The molecule has 0 aromatic carbocycles. The van der Waals surface area contributed by atoms with Crippen LogP contribution in [-0.2, 0) is 6.42 Å². The van der Waals surface area contributed by atoms with Gasteiger partial charge in [0.1, 0.15) is 5.82 Å². The quantitative estimate of drug-likeness (QED) is 0.823. The summed E-state index contributed by atoms with van der Waals surface area (Å²) >= 11 is 0. The van der Waals surface area contributed by atoms with Crippen molar-refractivity contribution >= 4 is 5.69 Å². The van der Waals surface area contributed by atoms with Gasteiger partial charge in [0.2, 0.25) is 11.8 Å². The molecule has 6 nitrogen and oxygen atoms in total. The summed E-state index contributed by atoms with van der Waals surface area (Å²) in [6, 6.07) is 5.53. The molecule has 2 aliphatic rings. The molecule has 0 N–H and O–H groups in total. The first kappa shape index (κ1) is 18.0. The lowest BCUT2D eigenvalue weighted by Gasteiger charge is -2.39. The second-order valence-corrected chi connectivity index (χ2v) is 7.13. The monoisotopic (exact) mass is 372 g/mol. The predicted molar refractivity (Wildman–Crippen MR) is 101 cm³/mol. The summed E-state index contributed by atoms with van der Waals surface area (Å²) in [4.78, 5) is 13.4. The van der Waals surface area contributed by atoms with Gasteiger partial charge in [-0.3, -0.25) is 4.90 Å². The van der Waals surface area contributed by atoms with Crippen molar-refractivity contribution in [1.82, 2.24) is 14.9 Å². The molecule has 0 radical (unpaired) electrons. The Bertz CT molecular complexity index is 837. The van der Waals surface area contributed by atoms with Crippen LogP contribution in [0.25, 0.3) is 0 Å². The van der Waals surface area contributed by atoms with Gasteiger partial charge in [0.25, 0.3) is 0 Å². The summed E-state index contributed by atoms with van der Waals surface area (Å²) < 4.78 is 25.3. The van der Waals surface area contributed by atoms with Crippen molar-refractivity contribution in [2.45, 2.75) is 26.3 Å². The first-order chi connectivity index (χ1) is 13.0. The Hall–Kier alpha value is -2.41. The molecular weight excluding hydrogens is 347 g/mol. The molecule has 2 aromatic rings. The molecule has 0 spiro atoms. The number of rotatable bonds is 4. The third kappa shape index (κ3) is 3.56. The first-order valence-electron chi connectivity index (χ1n) is 9.39. The van der Waals surface area contributed by atoms with Gasteiger partial charge in [0.05, 0.1) is 25.5 Å². The van der Waals surface area contributed by atoms with Crippen LogP contribution in [0.2, 0.25) is 0 Å². The van der Waals surface area contributed by atoms with Crippen molar-refractivity contribution in [1.29, 1.82) is 0 Å². The summed E-state index contributed by atoms with van der Waals surface area (Å²) in [5, 5.41) is 0. The van der Waals surface area contributed by atoms with E-state index in [1.54, 1.807) is 13.2 Å². The topological polar surface area (TPSA) is 50.7 Å². The van der Waals surface area contributed by atoms with Crippen LogP contribution >= 0.6 is 0 Å². The van der Waals surface area contributed by atoms with E-state index in [4.69, 9.17) is 9.47 Å². The van der Waals surface area contributed by atoms with Crippen LogP contribution in [-0.4, -0.2) is 54.8 Å². The minimum atomic E-state index is -0.233. The number of fused-ring (bicyclic) bond motifs is 1. The first-order valence-corrected chi connectivity index (χ1v) is 9.39. The standard InChI is InChI=1S/C20H25FN4O2/c1-13-10-16(12-18(22-13)26-3)25-7-5-24(6-8-25)14(2)19-17(21)11-15-4-9-27-20(15)23-19/h10-12,14H,4-9H2,1-3H3. The molecule has 0 bridgehead atoms. The van der Waals surface area contributed by atoms with Gasteiger partial charge in [0.15, 0.2) is 0 Å². The number of aryl methyl sites for hydroxylation is 1. The summed E-state index contributed by atoms with van der Waals surface area (Å²) in [7, 11) is 1.63. The van der Waals surface area contributed by atoms with Gasteiger partial charge in [0, 0.05) is 55.6 Å². The van der Waals surface area contributed by atoms with Crippen LogP contribution in [0.3, 0.4) is 0 Å². The average Bonchev–Trinajstić information content (AvgIpc) is 3.13. The Morgan fingerprint density at radius 2 is 1.93 bits per heavy atom. The zero-order valence-corrected chi connectivity index (χ0v) is 16.0. The molecule has 27 heavy (non-hydrogen) atoms. The van der Waals surface area contributed by atoms with E-state index in [9.17, 15) is 4.39 Å². The Balaban J connectivity index is 1.46. The summed E-state index contributed by atoms with van der Waals surface area (Å²) in [5.41, 5.74) is 3.40. The molecule has 1 saturated heterocycles. The highest BCUT2D eigenvalue weighted by molar-refractivity contribution is 5.50. The van der Waals surface area contributed by atoms with Gasteiger partial charge in [-0.25, -0.2) is 14.4 Å². The molecule has 1 atom stereocenters. The number of hydrogen-bond acceptors (Lipinski definition) is 6. The summed E-state index contributed by atoms with van der Waals surface area (Å²) in [6.45, 7) is 7.97. The third-order valence-electron chi connectivity index (χ3n) is 5.40. The van der Waals surface area contributed by atoms with Gasteiger partial charge in [-0.05, 0) is 26.0 Å². The molecule has 7 heteroatoms. The second-order valence-electron chi connectivity index (χ2n) is 7.13. The van der Waals surface area contributed by atoms with Crippen LogP contribution in [0, 0.1) is 12.7 Å². The Morgan fingerprint density at radius 1 is 1.15 bits per heavy atom. The number of pyridine rings is 2. The lowest BCUT2D eigenvalue weighted by molar-refractivity contribution is 0.190. The number of aromatic nitrogens is 2. The lowest BCUT2D eigenvalue weighted by Crippen LogP contribution is -2.47. The number of anilines is 1. The Morgan fingerprint density at radius 3 is 2.67 bits per heavy atom. The lowest BCUT2D eigenvalue weighted by atomic mass is 10.1. The largest absolute Gasteiger partial charge is 0.481 e. The number of nitrogens with zero attached hydrogens (tertiary/aromatic N) is 4. The van der Waals surface area contributed by atoms with Crippen LogP contribution in [0.5, 0.6) is 11.8 Å². The summed E-state index contributed by atoms with van der Waals surface area (Å²) in [5.74, 6) is 0.991. The molecule has 1 unspecified atom stereocenters. The SMILES string of the molecule is COc1cc(N2CCN(C(C)c3nc4c(cc3F)CCO4)CC2)cc(C)n1. The van der Waals surface area contributed by atoms with Gasteiger partial charge >= 0.3 is 0 Å².